The average molecular weight is 490 g/mol. The summed E-state index contributed by atoms with van der Waals surface area (Å²) in [6.45, 7) is 9.18. The summed E-state index contributed by atoms with van der Waals surface area (Å²) >= 11 is 0. The van der Waals surface area contributed by atoms with Crippen LogP contribution in [0.3, 0.4) is 0 Å². The van der Waals surface area contributed by atoms with Gasteiger partial charge in [0.2, 0.25) is 6.79 Å². The van der Waals surface area contributed by atoms with Crippen LogP contribution in [0.2, 0.25) is 0 Å². The molecule has 0 aromatic heterocycles. The van der Waals surface area contributed by atoms with Crippen molar-refractivity contribution in [1.29, 1.82) is 0 Å². The molecule has 4 rings (SSSR count). The number of phenolic OH excluding ortho intramolecular Hbond substituents is 1. The van der Waals surface area contributed by atoms with E-state index in [2.05, 4.69) is 31.7 Å². The van der Waals surface area contributed by atoms with Gasteiger partial charge < -0.3 is 29.3 Å². The van der Waals surface area contributed by atoms with Crippen LogP contribution >= 0.6 is 0 Å². The number of aliphatic hydroxyl groups excluding tert-OH is 1. The largest absolute Gasteiger partial charge is 0.508 e. The van der Waals surface area contributed by atoms with Crippen molar-refractivity contribution in [2.24, 2.45) is 0 Å². The molecule has 36 heavy (non-hydrogen) atoms. The molecule has 0 fully saturated rings. The monoisotopic (exact) mass is 489 g/mol. The topological polar surface area (TPSA) is 71.4 Å². The number of rotatable bonds is 11. The predicted octanol–water partition coefficient (Wildman–Crippen LogP) is 5.57. The van der Waals surface area contributed by atoms with Gasteiger partial charge in [0.15, 0.2) is 11.5 Å². The van der Waals surface area contributed by atoms with Gasteiger partial charge in [0.1, 0.15) is 24.2 Å². The van der Waals surface area contributed by atoms with Crippen LogP contribution < -0.4 is 14.2 Å². The summed E-state index contributed by atoms with van der Waals surface area (Å²) in [5.74, 6) is 2.44. The lowest BCUT2D eigenvalue weighted by molar-refractivity contribution is 0.0716. The maximum absolute atomic E-state index is 10.3. The zero-order valence-corrected chi connectivity index (χ0v) is 21.2. The number of ether oxygens (including phenoxy) is 3. The number of fused-ring (bicyclic) bond motifs is 1. The first-order chi connectivity index (χ1) is 17.5. The minimum Gasteiger partial charge on any atom is -0.508 e. The van der Waals surface area contributed by atoms with Gasteiger partial charge in [-0.05, 0) is 83.7 Å². The first-order valence-electron chi connectivity index (χ1n) is 12.6. The summed E-state index contributed by atoms with van der Waals surface area (Å²) in [5, 5.41) is 20.2. The highest BCUT2D eigenvalue weighted by Gasteiger charge is 2.18. The van der Waals surface area contributed by atoms with Crippen LogP contribution in [0.1, 0.15) is 43.9 Å². The second-order valence-corrected chi connectivity index (χ2v) is 8.80. The van der Waals surface area contributed by atoms with Crippen LogP contribution in [0.25, 0.3) is 11.1 Å². The molecule has 0 aliphatic carbocycles. The third-order valence-electron chi connectivity index (χ3n) is 6.48. The zero-order chi connectivity index (χ0) is 25.5. The molecule has 6 nitrogen and oxygen atoms in total. The summed E-state index contributed by atoms with van der Waals surface area (Å²) < 4.78 is 17.0. The quantitative estimate of drug-likeness (QED) is 0.343. The highest BCUT2D eigenvalue weighted by Crippen LogP contribution is 2.40. The molecule has 2 N–H and O–H groups in total. The number of nitrogens with zero attached hydrogens (tertiary/aromatic N) is 1. The van der Waals surface area contributed by atoms with Crippen LogP contribution in [0.15, 0.2) is 66.7 Å². The standard InChI is InChI=1S/C30H35NO5/c1-4-27(23-11-16-28-29(17-23)36-20-35-28)30(21-7-12-24(32)13-8-21)22-9-14-26(15-10-22)34-19-25(33)18-31(5-2)6-3/h7-17,25,32-33H,4-6,18-20H2,1-3H3/b30-27+. The third kappa shape index (κ3) is 6.01. The highest BCUT2D eigenvalue weighted by atomic mass is 16.7. The molecule has 0 spiro atoms. The van der Waals surface area contributed by atoms with E-state index in [4.69, 9.17) is 14.2 Å². The second kappa shape index (κ2) is 12.0. The fraction of sp³-hybridized carbons (Fsp3) is 0.333. The van der Waals surface area contributed by atoms with Gasteiger partial charge in [-0.1, -0.05) is 51.1 Å². The summed E-state index contributed by atoms with van der Waals surface area (Å²) in [7, 11) is 0. The molecule has 6 heteroatoms. The van der Waals surface area contributed by atoms with Crippen molar-refractivity contribution in [2.45, 2.75) is 33.3 Å². The normalized spacial score (nSPS) is 14.0. The summed E-state index contributed by atoms with van der Waals surface area (Å²) in [6, 6.07) is 21.3. The summed E-state index contributed by atoms with van der Waals surface area (Å²) in [4.78, 5) is 2.17. The number of hydrogen-bond acceptors (Lipinski definition) is 6. The first-order valence-corrected chi connectivity index (χ1v) is 12.6. The Morgan fingerprint density at radius 2 is 1.47 bits per heavy atom. The SMILES string of the molecule is CC/C(=C(/c1ccc(O)cc1)c1ccc(OCC(O)CN(CC)CC)cc1)c1ccc2c(c1)OCO2. The van der Waals surface area contributed by atoms with Crippen molar-refractivity contribution in [3.8, 4) is 23.0 Å². The van der Waals surface area contributed by atoms with Gasteiger partial charge in [0.05, 0.1) is 0 Å². The lowest BCUT2D eigenvalue weighted by Gasteiger charge is -2.22. The molecule has 0 saturated carbocycles. The minimum atomic E-state index is -0.547. The van der Waals surface area contributed by atoms with E-state index in [-0.39, 0.29) is 19.1 Å². The molecular formula is C30H35NO5. The molecule has 190 valence electrons. The smallest absolute Gasteiger partial charge is 0.231 e. The predicted molar refractivity (Wildman–Crippen MR) is 143 cm³/mol. The van der Waals surface area contributed by atoms with Gasteiger partial charge in [-0.15, -0.1) is 0 Å². The molecule has 1 aliphatic rings. The van der Waals surface area contributed by atoms with Crippen molar-refractivity contribution in [1.82, 2.24) is 4.90 Å². The van der Waals surface area contributed by atoms with Crippen LogP contribution in [0, 0.1) is 0 Å². The number of benzene rings is 3. The number of hydrogen-bond donors (Lipinski definition) is 2. The van der Waals surface area contributed by atoms with Crippen molar-refractivity contribution < 1.29 is 24.4 Å². The van der Waals surface area contributed by atoms with E-state index in [9.17, 15) is 10.2 Å². The van der Waals surface area contributed by atoms with Crippen LogP contribution in [0.5, 0.6) is 23.0 Å². The van der Waals surface area contributed by atoms with Gasteiger partial charge in [-0.3, -0.25) is 0 Å². The zero-order valence-electron chi connectivity index (χ0n) is 21.2. The van der Waals surface area contributed by atoms with Crippen LogP contribution in [-0.4, -0.2) is 54.3 Å². The Morgan fingerprint density at radius 3 is 2.11 bits per heavy atom. The van der Waals surface area contributed by atoms with Crippen molar-refractivity contribution in [2.75, 3.05) is 33.0 Å². The van der Waals surface area contributed by atoms with E-state index in [0.29, 0.717) is 12.3 Å². The lowest BCUT2D eigenvalue weighted by atomic mass is 9.88. The minimum absolute atomic E-state index is 0.228. The van der Waals surface area contributed by atoms with E-state index in [1.807, 2.05) is 48.5 Å². The van der Waals surface area contributed by atoms with E-state index in [1.54, 1.807) is 12.1 Å². The Kier molecular flexibility index (Phi) is 8.52. The number of aromatic hydroxyl groups is 1. The molecular weight excluding hydrogens is 454 g/mol. The average Bonchev–Trinajstić information content (AvgIpc) is 3.38. The lowest BCUT2D eigenvalue weighted by Crippen LogP contribution is -2.35. The Hall–Kier alpha value is -3.48. The molecule has 1 unspecified atom stereocenters. The Morgan fingerprint density at radius 1 is 0.861 bits per heavy atom. The number of aliphatic hydroxyl groups is 1. The molecule has 1 heterocycles. The summed E-state index contributed by atoms with van der Waals surface area (Å²) in [6.07, 6.45) is 0.251. The van der Waals surface area contributed by atoms with E-state index < -0.39 is 6.10 Å². The maximum atomic E-state index is 10.3. The van der Waals surface area contributed by atoms with Crippen molar-refractivity contribution in [3.63, 3.8) is 0 Å². The molecule has 1 aliphatic heterocycles. The third-order valence-corrected chi connectivity index (χ3v) is 6.48. The Bertz CT molecular complexity index is 1170. The molecule has 0 saturated heterocycles. The van der Waals surface area contributed by atoms with Gasteiger partial charge in [0.25, 0.3) is 0 Å². The molecule has 0 amide bonds. The highest BCUT2D eigenvalue weighted by molar-refractivity contribution is 5.99. The molecule has 0 radical (unpaired) electrons. The van der Waals surface area contributed by atoms with Crippen LogP contribution in [0.4, 0.5) is 0 Å². The van der Waals surface area contributed by atoms with E-state index in [0.717, 1.165) is 58.8 Å². The Balaban J connectivity index is 1.63. The maximum Gasteiger partial charge on any atom is 0.231 e. The number of likely N-dealkylation sites (N-methyl/N-ethyl adjacent to an activating group) is 1. The molecule has 0 bridgehead atoms. The first kappa shape index (κ1) is 25.6. The fourth-order valence-corrected chi connectivity index (χ4v) is 4.50. The number of phenols is 1. The fourth-order valence-electron chi connectivity index (χ4n) is 4.50. The van der Waals surface area contributed by atoms with Crippen molar-refractivity contribution >= 4 is 11.1 Å². The van der Waals surface area contributed by atoms with Crippen molar-refractivity contribution in [3.05, 3.63) is 83.4 Å². The summed E-state index contributed by atoms with van der Waals surface area (Å²) in [5.41, 5.74) is 5.33. The van der Waals surface area contributed by atoms with Crippen LogP contribution in [-0.2, 0) is 0 Å². The van der Waals surface area contributed by atoms with Gasteiger partial charge in [-0.25, -0.2) is 0 Å². The Labute approximate surface area is 213 Å². The molecule has 3 aromatic carbocycles. The van der Waals surface area contributed by atoms with E-state index in [1.165, 1.54) is 0 Å². The van der Waals surface area contributed by atoms with E-state index >= 15 is 0 Å². The van der Waals surface area contributed by atoms with Gasteiger partial charge in [0, 0.05) is 6.54 Å². The molecule has 1 atom stereocenters. The number of allylic oxidation sites excluding steroid dienone is 1. The molecule has 3 aromatic rings. The van der Waals surface area contributed by atoms with Gasteiger partial charge in [-0.2, -0.15) is 0 Å². The van der Waals surface area contributed by atoms with Gasteiger partial charge >= 0.3 is 0 Å². The second-order valence-electron chi connectivity index (χ2n) is 8.80.